The Labute approximate surface area is 202 Å². The maximum absolute atomic E-state index is 13.7. The minimum absolute atomic E-state index is 0.209. The Bertz CT molecular complexity index is 1200. The van der Waals surface area contributed by atoms with Crippen LogP contribution in [0, 0.1) is 0 Å². The summed E-state index contributed by atoms with van der Waals surface area (Å²) in [7, 11) is 0. The lowest BCUT2D eigenvalue weighted by molar-refractivity contribution is -0.121. The van der Waals surface area contributed by atoms with Crippen LogP contribution >= 0.6 is 15.9 Å². The van der Waals surface area contributed by atoms with Crippen LogP contribution in [-0.4, -0.2) is 16.7 Å². The Hall–Kier alpha value is -3.70. The number of halogens is 1. The zero-order valence-corrected chi connectivity index (χ0v) is 19.5. The SMILES string of the molecule is O=C(Nc1ccc(Br)cc1)[C@@H](c1ccccc1)N(Cc1ccccc1)C(=O)c1ccccc1. The summed E-state index contributed by atoms with van der Waals surface area (Å²) in [6.07, 6.45) is 0. The molecule has 2 amide bonds. The van der Waals surface area contributed by atoms with Crippen molar-refractivity contribution in [3.63, 3.8) is 0 Å². The Morgan fingerprint density at radius 3 is 1.88 bits per heavy atom. The van der Waals surface area contributed by atoms with Crippen LogP contribution in [-0.2, 0) is 11.3 Å². The standard InChI is InChI=1S/C28H23BrN2O2/c29-24-16-18-25(19-17-24)30-27(32)26(22-12-6-2-7-13-22)31(20-21-10-4-1-5-11-21)28(33)23-14-8-3-9-15-23/h1-19,26H,20H2,(H,30,32)/t26-/m1/s1. The van der Waals surface area contributed by atoms with E-state index >= 15 is 0 Å². The highest BCUT2D eigenvalue weighted by Crippen LogP contribution is 2.27. The second-order valence-corrected chi connectivity index (χ2v) is 8.51. The molecule has 4 aromatic carbocycles. The molecule has 0 aliphatic heterocycles. The van der Waals surface area contributed by atoms with Gasteiger partial charge in [-0.2, -0.15) is 0 Å². The Morgan fingerprint density at radius 2 is 1.27 bits per heavy atom. The zero-order chi connectivity index (χ0) is 23.0. The van der Waals surface area contributed by atoms with E-state index in [9.17, 15) is 9.59 Å². The molecule has 33 heavy (non-hydrogen) atoms. The second kappa shape index (κ2) is 10.7. The quantitative estimate of drug-likeness (QED) is 0.317. The number of carbonyl (C=O) groups excluding carboxylic acids is 2. The van der Waals surface area contributed by atoms with E-state index in [2.05, 4.69) is 21.2 Å². The highest BCUT2D eigenvalue weighted by atomic mass is 79.9. The van der Waals surface area contributed by atoms with Crippen molar-refractivity contribution in [2.45, 2.75) is 12.6 Å². The molecule has 164 valence electrons. The van der Waals surface area contributed by atoms with Gasteiger partial charge in [0.05, 0.1) is 0 Å². The first-order chi connectivity index (χ1) is 16.1. The van der Waals surface area contributed by atoms with Crippen LogP contribution in [0.3, 0.4) is 0 Å². The fraction of sp³-hybridized carbons (Fsp3) is 0.0714. The van der Waals surface area contributed by atoms with Crippen molar-refractivity contribution in [1.82, 2.24) is 4.90 Å². The molecule has 4 nitrogen and oxygen atoms in total. The average molecular weight is 499 g/mol. The number of anilines is 1. The van der Waals surface area contributed by atoms with Gasteiger partial charge in [-0.3, -0.25) is 9.59 Å². The van der Waals surface area contributed by atoms with Crippen molar-refractivity contribution >= 4 is 33.4 Å². The van der Waals surface area contributed by atoms with Gasteiger partial charge in [0, 0.05) is 22.3 Å². The van der Waals surface area contributed by atoms with E-state index < -0.39 is 6.04 Å². The molecule has 5 heteroatoms. The van der Waals surface area contributed by atoms with E-state index in [-0.39, 0.29) is 11.8 Å². The van der Waals surface area contributed by atoms with Crippen LogP contribution < -0.4 is 5.32 Å². The maximum atomic E-state index is 13.7. The van der Waals surface area contributed by atoms with Gasteiger partial charge in [-0.15, -0.1) is 0 Å². The van der Waals surface area contributed by atoms with Gasteiger partial charge < -0.3 is 10.2 Å². The van der Waals surface area contributed by atoms with E-state index in [0.29, 0.717) is 17.8 Å². The molecular weight excluding hydrogens is 476 g/mol. The Balaban J connectivity index is 1.75. The summed E-state index contributed by atoms with van der Waals surface area (Å²) in [5, 5.41) is 2.99. The topological polar surface area (TPSA) is 49.4 Å². The van der Waals surface area contributed by atoms with Gasteiger partial charge in [0.25, 0.3) is 11.8 Å². The third-order valence-electron chi connectivity index (χ3n) is 5.26. The van der Waals surface area contributed by atoms with Crippen molar-refractivity contribution in [2.24, 2.45) is 0 Å². The normalized spacial score (nSPS) is 11.4. The predicted molar refractivity (Wildman–Crippen MR) is 135 cm³/mol. The molecule has 1 atom stereocenters. The van der Waals surface area contributed by atoms with E-state index in [1.165, 1.54) is 0 Å². The van der Waals surface area contributed by atoms with Crippen molar-refractivity contribution in [3.8, 4) is 0 Å². The first kappa shape index (κ1) is 22.5. The molecule has 0 saturated heterocycles. The molecule has 0 spiro atoms. The number of rotatable bonds is 7. The molecule has 0 fully saturated rings. The number of benzene rings is 4. The summed E-state index contributed by atoms with van der Waals surface area (Å²) in [5.74, 6) is -0.483. The molecular formula is C28H23BrN2O2. The molecule has 0 aliphatic rings. The number of amides is 2. The maximum Gasteiger partial charge on any atom is 0.255 e. The van der Waals surface area contributed by atoms with Crippen molar-refractivity contribution in [2.75, 3.05) is 5.32 Å². The van der Waals surface area contributed by atoms with Gasteiger partial charge >= 0.3 is 0 Å². The van der Waals surface area contributed by atoms with Gasteiger partial charge in [0.15, 0.2) is 0 Å². The molecule has 0 bridgehead atoms. The Morgan fingerprint density at radius 1 is 0.727 bits per heavy atom. The molecule has 0 heterocycles. The molecule has 4 rings (SSSR count). The number of carbonyl (C=O) groups is 2. The summed E-state index contributed by atoms with van der Waals surface area (Å²) >= 11 is 3.42. The number of nitrogens with zero attached hydrogens (tertiary/aromatic N) is 1. The van der Waals surface area contributed by atoms with Gasteiger partial charge in [-0.05, 0) is 47.5 Å². The summed E-state index contributed by atoms with van der Waals surface area (Å²) in [6, 6.07) is 34.7. The summed E-state index contributed by atoms with van der Waals surface area (Å²) in [6.45, 7) is 0.294. The molecule has 0 radical (unpaired) electrons. The number of nitrogens with one attached hydrogen (secondary N) is 1. The molecule has 1 N–H and O–H groups in total. The highest BCUT2D eigenvalue weighted by Gasteiger charge is 2.32. The monoisotopic (exact) mass is 498 g/mol. The lowest BCUT2D eigenvalue weighted by atomic mass is 10.0. The van der Waals surface area contributed by atoms with Gasteiger partial charge in [-0.1, -0.05) is 94.8 Å². The fourth-order valence-electron chi connectivity index (χ4n) is 3.66. The minimum Gasteiger partial charge on any atom is -0.324 e. The predicted octanol–water partition coefficient (Wildman–Crippen LogP) is 6.47. The average Bonchev–Trinajstić information content (AvgIpc) is 2.86. The lowest BCUT2D eigenvalue weighted by Gasteiger charge is -2.31. The van der Waals surface area contributed by atoms with Crippen LogP contribution in [0.15, 0.2) is 120 Å². The summed E-state index contributed by atoms with van der Waals surface area (Å²) in [4.78, 5) is 29.0. The molecule has 4 aromatic rings. The van der Waals surface area contributed by atoms with E-state index in [0.717, 1.165) is 15.6 Å². The van der Waals surface area contributed by atoms with E-state index in [1.54, 1.807) is 17.0 Å². The lowest BCUT2D eigenvalue weighted by Crippen LogP contribution is -2.41. The van der Waals surface area contributed by atoms with Gasteiger partial charge in [-0.25, -0.2) is 0 Å². The van der Waals surface area contributed by atoms with Crippen LogP contribution in [0.25, 0.3) is 0 Å². The number of hydrogen-bond donors (Lipinski definition) is 1. The Kier molecular flexibility index (Phi) is 7.33. The smallest absolute Gasteiger partial charge is 0.255 e. The van der Waals surface area contributed by atoms with Crippen LogP contribution in [0.1, 0.15) is 27.5 Å². The molecule has 0 aliphatic carbocycles. The first-order valence-corrected chi connectivity index (χ1v) is 11.4. The molecule has 0 aromatic heterocycles. The third-order valence-corrected chi connectivity index (χ3v) is 5.79. The molecule has 0 unspecified atom stereocenters. The first-order valence-electron chi connectivity index (χ1n) is 10.6. The van der Waals surface area contributed by atoms with Crippen molar-refractivity contribution in [3.05, 3.63) is 136 Å². The van der Waals surface area contributed by atoms with E-state index in [1.807, 2.05) is 103 Å². The largest absolute Gasteiger partial charge is 0.324 e. The van der Waals surface area contributed by atoms with Gasteiger partial charge in [0.1, 0.15) is 6.04 Å². The van der Waals surface area contributed by atoms with Crippen LogP contribution in [0.4, 0.5) is 5.69 Å². The van der Waals surface area contributed by atoms with Crippen molar-refractivity contribution in [1.29, 1.82) is 0 Å². The van der Waals surface area contributed by atoms with Gasteiger partial charge in [0.2, 0.25) is 0 Å². The van der Waals surface area contributed by atoms with Crippen molar-refractivity contribution < 1.29 is 9.59 Å². The summed E-state index contributed by atoms with van der Waals surface area (Å²) < 4.78 is 0.921. The van der Waals surface area contributed by atoms with Crippen LogP contribution in [0.5, 0.6) is 0 Å². The summed E-state index contributed by atoms with van der Waals surface area (Å²) in [5.41, 5.74) is 2.88. The third kappa shape index (κ3) is 5.76. The number of hydrogen-bond acceptors (Lipinski definition) is 2. The van der Waals surface area contributed by atoms with Crippen LogP contribution in [0.2, 0.25) is 0 Å². The minimum atomic E-state index is -0.817. The fourth-order valence-corrected chi connectivity index (χ4v) is 3.92. The van der Waals surface area contributed by atoms with E-state index in [4.69, 9.17) is 0 Å². The second-order valence-electron chi connectivity index (χ2n) is 7.59. The highest BCUT2D eigenvalue weighted by molar-refractivity contribution is 9.10. The molecule has 0 saturated carbocycles. The zero-order valence-electron chi connectivity index (χ0n) is 17.9.